The van der Waals surface area contributed by atoms with Gasteiger partial charge in [-0.1, -0.05) is 50.2 Å². The minimum absolute atomic E-state index is 0.0328. The molecule has 5 heteroatoms. The third-order valence-electron chi connectivity index (χ3n) is 5.05. The lowest BCUT2D eigenvalue weighted by Gasteiger charge is -2.33. The van der Waals surface area contributed by atoms with Crippen molar-refractivity contribution in [1.29, 1.82) is 0 Å². The lowest BCUT2D eigenvalue weighted by molar-refractivity contribution is -0.119. The van der Waals surface area contributed by atoms with Crippen molar-refractivity contribution in [3.8, 4) is 0 Å². The van der Waals surface area contributed by atoms with E-state index in [0.29, 0.717) is 13.0 Å². The molecule has 0 saturated heterocycles. The number of sulfone groups is 1. The van der Waals surface area contributed by atoms with E-state index in [1.54, 1.807) is 17.0 Å². The number of carbonyl (C=O) groups excluding carboxylic acids is 1. The Morgan fingerprint density at radius 2 is 1.81 bits per heavy atom. The van der Waals surface area contributed by atoms with Crippen molar-refractivity contribution in [3.63, 3.8) is 0 Å². The minimum atomic E-state index is -3.30. The summed E-state index contributed by atoms with van der Waals surface area (Å²) in [6, 6.07) is 15.1. The first-order valence-corrected chi connectivity index (χ1v) is 10.8. The van der Waals surface area contributed by atoms with E-state index in [2.05, 4.69) is 13.8 Å². The Balaban J connectivity index is 1.90. The number of aryl methyl sites for hydroxylation is 1. The van der Waals surface area contributed by atoms with Crippen molar-refractivity contribution in [2.45, 2.75) is 43.4 Å². The van der Waals surface area contributed by atoms with Crippen molar-refractivity contribution in [3.05, 3.63) is 59.7 Å². The quantitative estimate of drug-likeness (QED) is 0.823. The zero-order chi connectivity index (χ0) is 18.9. The molecule has 0 aromatic heterocycles. The molecule has 0 fully saturated rings. The van der Waals surface area contributed by atoms with Crippen molar-refractivity contribution >= 4 is 21.4 Å². The Hall–Kier alpha value is -2.14. The van der Waals surface area contributed by atoms with Gasteiger partial charge in [0, 0.05) is 24.9 Å². The van der Waals surface area contributed by atoms with Gasteiger partial charge in [0.25, 0.3) is 0 Å². The second kappa shape index (κ2) is 6.88. The van der Waals surface area contributed by atoms with Gasteiger partial charge in [-0.2, -0.15) is 0 Å². The summed E-state index contributed by atoms with van der Waals surface area (Å²) in [6.07, 6.45) is 3.33. The van der Waals surface area contributed by atoms with Gasteiger partial charge in [-0.15, -0.1) is 0 Å². The number of carbonyl (C=O) groups is 1. The fourth-order valence-corrected chi connectivity index (χ4v) is 4.15. The molecule has 26 heavy (non-hydrogen) atoms. The standard InChI is InChI=1S/C21H25NO3S/c1-21(2,17-9-5-4-6-10-17)15-20(23)22-13-7-8-16-11-12-18(14-19(16)22)26(3,24)25/h4-6,9-12,14H,7-8,13,15H2,1-3H3. The maximum absolute atomic E-state index is 13.1. The van der Waals surface area contributed by atoms with Crippen molar-refractivity contribution in [2.75, 3.05) is 17.7 Å². The van der Waals surface area contributed by atoms with Gasteiger partial charge in [0.2, 0.25) is 5.91 Å². The van der Waals surface area contributed by atoms with Crippen LogP contribution < -0.4 is 4.90 Å². The third-order valence-corrected chi connectivity index (χ3v) is 6.16. The summed E-state index contributed by atoms with van der Waals surface area (Å²) in [6.45, 7) is 4.76. The number of anilines is 1. The molecule has 1 aliphatic heterocycles. The molecule has 0 unspecified atom stereocenters. The maximum atomic E-state index is 13.1. The number of rotatable bonds is 4. The number of nitrogens with zero attached hydrogens (tertiary/aromatic N) is 1. The molecule has 1 aliphatic rings. The van der Waals surface area contributed by atoms with E-state index in [4.69, 9.17) is 0 Å². The van der Waals surface area contributed by atoms with Crippen LogP contribution in [0, 0.1) is 0 Å². The summed E-state index contributed by atoms with van der Waals surface area (Å²) in [5, 5.41) is 0. The van der Waals surface area contributed by atoms with Gasteiger partial charge in [-0.25, -0.2) is 8.42 Å². The first-order valence-electron chi connectivity index (χ1n) is 8.87. The topological polar surface area (TPSA) is 54.5 Å². The van der Waals surface area contributed by atoms with Crippen LogP contribution in [0.25, 0.3) is 0 Å². The van der Waals surface area contributed by atoms with Gasteiger partial charge in [-0.3, -0.25) is 4.79 Å². The molecule has 1 heterocycles. The lowest BCUT2D eigenvalue weighted by atomic mass is 9.81. The molecule has 3 rings (SSSR count). The molecule has 4 nitrogen and oxygen atoms in total. The average Bonchev–Trinajstić information content (AvgIpc) is 2.60. The Morgan fingerprint density at radius 3 is 2.46 bits per heavy atom. The zero-order valence-corrected chi connectivity index (χ0v) is 16.3. The van der Waals surface area contributed by atoms with E-state index in [0.717, 1.165) is 29.7 Å². The highest BCUT2D eigenvalue weighted by atomic mass is 32.2. The second-order valence-electron chi connectivity index (χ2n) is 7.64. The number of benzene rings is 2. The van der Waals surface area contributed by atoms with Crippen LogP contribution in [-0.4, -0.2) is 27.1 Å². The third kappa shape index (κ3) is 3.83. The number of hydrogen-bond acceptors (Lipinski definition) is 3. The van der Waals surface area contributed by atoms with Gasteiger partial charge < -0.3 is 4.90 Å². The van der Waals surface area contributed by atoms with Crippen LogP contribution in [0.15, 0.2) is 53.4 Å². The van der Waals surface area contributed by atoms with Crippen LogP contribution in [0.5, 0.6) is 0 Å². The fourth-order valence-electron chi connectivity index (χ4n) is 3.51. The summed E-state index contributed by atoms with van der Waals surface area (Å²) in [4.78, 5) is 15.1. The monoisotopic (exact) mass is 371 g/mol. The summed E-state index contributed by atoms with van der Waals surface area (Å²) in [5.74, 6) is 0.0328. The summed E-state index contributed by atoms with van der Waals surface area (Å²) < 4.78 is 23.8. The first kappa shape index (κ1) is 18.6. The van der Waals surface area contributed by atoms with Gasteiger partial charge >= 0.3 is 0 Å². The summed E-state index contributed by atoms with van der Waals surface area (Å²) in [5.41, 5.74) is 2.61. The van der Waals surface area contributed by atoms with Crippen LogP contribution in [0.2, 0.25) is 0 Å². The summed E-state index contributed by atoms with van der Waals surface area (Å²) in [7, 11) is -3.30. The van der Waals surface area contributed by atoms with Gasteiger partial charge in [0.05, 0.1) is 4.90 Å². The largest absolute Gasteiger partial charge is 0.312 e. The van der Waals surface area contributed by atoms with E-state index in [1.165, 1.54) is 6.26 Å². The van der Waals surface area contributed by atoms with Crippen molar-refractivity contribution in [1.82, 2.24) is 0 Å². The summed E-state index contributed by atoms with van der Waals surface area (Å²) >= 11 is 0. The van der Waals surface area contributed by atoms with Crippen LogP contribution in [0.4, 0.5) is 5.69 Å². The van der Waals surface area contributed by atoms with E-state index >= 15 is 0 Å². The van der Waals surface area contributed by atoms with Gasteiger partial charge in [0.1, 0.15) is 0 Å². The molecule has 0 spiro atoms. The van der Waals surface area contributed by atoms with Crippen LogP contribution in [0.3, 0.4) is 0 Å². The minimum Gasteiger partial charge on any atom is -0.312 e. The fraction of sp³-hybridized carbons (Fsp3) is 0.381. The highest BCUT2D eigenvalue weighted by Crippen LogP contribution is 2.33. The van der Waals surface area contributed by atoms with Crippen LogP contribution in [0.1, 0.15) is 37.8 Å². The van der Waals surface area contributed by atoms with E-state index in [1.807, 2.05) is 36.4 Å². The molecule has 0 radical (unpaired) electrons. The van der Waals surface area contributed by atoms with E-state index in [-0.39, 0.29) is 16.2 Å². The van der Waals surface area contributed by atoms with Crippen molar-refractivity contribution < 1.29 is 13.2 Å². The van der Waals surface area contributed by atoms with Crippen LogP contribution in [-0.2, 0) is 26.5 Å². The average molecular weight is 372 g/mol. The molecule has 138 valence electrons. The molecular formula is C21H25NO3S. The highest BCUT2D eigenvalue weighted by molar-refractivity contribution is 7.90. The molecule has 0 N–H and O–H groups in total. The van der Waals surface area contributed by atoms with Crippen molar-refractivity contribution in [2.24, 2.45) is 0 Å². The Morgan fingerprint density at radius 1 is 1.12 bits per heavy atom. The highest BCUT2D eigenvalue weighted by Gasteiger charge is 2.30. The Labute approximate surface area is 155 Å². The molecule has 1 amide bonds. The SMILES string of the molecule is CC(C)(CC(=O)N1CCCc2ccc(S(C)(=O)=O)cc21)c1ccccc1. The normalized spacial score (nSPS) is 14.8. The molecule has 0 saturated carbocycles. The Bertz CT molecular complexity index is 918. The number of amides is 1. The first-order chi connectivity index (χ1) is 12.2. The smallest absolute Gasteiger partial charge is 0.227 e. The molecule has 2 aromatic rings. The molecule has 0 aliphatic carbocycles. The molecule has 2 aromatic carbocycles. The zero-order valence-electron chi connectivity index (χ0n) is 15.5. The predicted molar refractivity (Wildman–Crippen MR) is 104 cm³/mol. The molecule has 0 atom stereocenters. The predicted octanol–water partition coefficient (Wildman–Crippen LogP) is 3.74. The van der Waals surface area contributed by atoms with Gasteiger partial charge in [-0.05, 0) is 41.5 Å². The number of fused-ring (bicyclic) bond motifs is 1. The second-order valence-corrected chi connectivity index (χ2v) is 9.65. The Kier molecular flexibility index (Phi) is 4.93. The maximum Gasteiger partial charge on any atom is 0.227 e. The van der Waals surface area contributed by atoms with E-state index in [9.17, 15) is 13.2 Å². The van der Waals surface area contributed by atoms with Gasteiger partial charge in [0.15, 0.2) is 9.84 Å². The number of hydrogen-bond donors (Lipinski definition) is 0. The molecular weight excluding hydrogens is 346 g/mol. The van der Waals surface area contributed by atoms with E-state index < -0.39 is 9.84 Å². The lowest BCUT2D eigenvalue weighted by Crippen LogP contribution is -2.39. The molecule has 0 bridgehead atoms. The van der Waals surface area contributed by atoms with Crippen LogP contribution >= 0.6 is 0 Å².